The molecule has 1 aromatic carbocycles. The monoisotopic (exact) mass is 448 g/mol. The molecule has 172 valence electrons. The van der Waals surface area contributed by atoms with Crippen LogP contribution < -0.4 is 14.4 Å². The van der Waals surface area contributed by atoms with Gasteiger partial charge in [-0.25, -0.2) is 4.98 Å². The zero-order valence-corrected chi connectivity index (χ0v) is 19.0. The quantitative estimate of drug-likeness (QED) is 0.593. The normalized spacial score (nSPS) is 18.1. The summed E-state index contributed by atoms with van der Waals surface area (Å²) >= 11 is 0. The van der Waals surface area contributed by atoms with Crippen molar-refractivity contribution in [2.75, 3.05) is 38.8 Å². The highest BCUT2D eigenvalue weighted by Gasteiger charge is 2.32. The Morgan fingerprint density at radius 3 is 2.48 bits per heavy atom. The minimum atomic E-state index is -0.0458. The lowest BCUT2D eigenvalue weighted by Gasteiger charge is -2.37. The fourth-order valence-electron chi connectivity index (χ4n) is 4.74. The van der Waals surface area contributed by atoms with Gasteiger partial charge < -0.3 is 19.3 Å². The number of carbonyl (C=O) groups is 1. The number of amides is 1. The highest BCUT2D eigenvalue weighted by atomic mass is 16.5. The predicted octanol–water partition coefficient (Wildman–Crippen LogP) is 2.48. The Balaban J connectivity index is 1.27. The van der Waals surface area contributed by atoms with Crippen molar-refractivity contribution in [3.8, 4) is 17.3 Å². The number of methoxy groups -OCH3 is 2. The van der Waals surface area contributed by atoms with Crippen molar-refractivity contribution in [1.82, 2.24) is 24.6 Å². The Hall–Kier alpha value is -3.62. The molecule has 1 unspecified atom stereocenters. The van der Waals surface area contributed by atoms with Crippen LogP contribution in [0.1, 0.15) is 24.0 Å². The second-order valence-corrected chi connectivity index (χ2v) is 8.49. The van der Waals surface area contributed by atoms with Gasteiger partial charge in [-0.15, -0.1) is 10.2 Å². The van der Waals surface area contributed by atoms with Crippen LogP contribution in [-0.4, -0.2) is 64.4 Å². The van der Waals surface area contributed by atoms with E-state index in [1.54, 1.807) is 26.7 Å². The number of hydrogen-bond acceptors (Lipinski definition) is 7. The van der Waals surface area contributed by atoms with Crippen molar-refractivity contribution in [3.05, 3.63) is 54.1 Å². The summed E-state index contributed by atoms with van der Waals surface area (Å²) in [6.45, 7) is 2.86. The zero-order valence-electron chi connectivity index (χ0n) is 19.0. The van der Waals surface area contributed by atoms with E-state index < -0.39 is 0 Å². The topological polar surface area (TPSA) is 85.6 Å². The van der Waals surface area contributed by atoms with E-state index in [0.717, 1.165) is 55.3 Å². The number of anilines is 1. The van der Waals surface area contributed by atoms with E-state index in [2.05, 4.69) is 20.1 Å². The Kier molecular flexibility index (Phi) is 5.85. The number of aromatic nitrogens is 4. The van der Waals surface area contributed by atoms with Crippen LogP contribution in [0, 0.1) is 5.92 Å². The number of benzene rings is 1. The molecule has 4 heterocycles. The van der Waals surface area contributed by atoms with Crippen LogP contribution in [0.25, 0.3) is 5.82 Å². The maximum Gasteiger partial charge on any atom is 0.227 e. The van der Waals surface area contributed by atoms with Gasteiger partial charge in [-0.2, -0.15) is 0 Å². The van der Waals surface area contributed by atoms with Gasteiger partial charge in [0.25, 0.3) is 0 Å². The summed E-state index contributed by atoms with van der Waals surface area (Å²) in [6, 6.07) is 7.92. The van der Waals surface area contributed by atoms with E-state index >= 15 is 0 Å². The summed E-state index contributed by atoms with van der Waals surface area (Å²) < 4.78 is 12.7. The Morgan fingerprint density at radius 1 is 1.03 bits per heavy atom. The Bertz CT molecular complexity index is 1120. The molecule has 0 spiro atoms. The molecule has 0 saturated carbocycles. The third kappa shape index (κ3) is 4.22. The van der Waals surface area contributed by atoms with Gasteiger partial charge in [-0.05, 0) is 54.7 Å². The third-order valence-corrected chi connectivity index (χ3v) is 6.53. The molecule has 2 aliphatic heterocycles. The lowest BCUT2D eigenvalue weighted by molar-refractivity contribution is -0.136. The largest absolute Gasteiger partial charge is 0.493 e. The molecule has 9 heteroatoms. The minimum Gasteiger partial charge on any atom is -0.493 e. The van der Waals surface area contributed by atoms with E-state index in [1.807, 2.05) is 39.9 Å². The van der Waals surface area contributed by atoms with Gasteiger partial charge in [-0.3, -0.25) is 9.36 Å². The SMILES string of the molecule is COc1cc2c(cc1OC)CN(C(=O)C1CCCN(c3ccc(-n4ccnc4)nn3)C1)CC2. The average molecular weight is 449 g/mol. The van der Waals surface area contributed by atoms with Gasteiger partial charge in [-0.1, -0.05) is 0 Å². The molecule has 0 N–H and O–H groups in total. The summed E-state index contributed by atoms with van der Waals surface area (Å²) in [6.07, 6.45) is 7.91. The van der Waals surface area contributed by atoms with Gasteiger partial charge in [0.05, 0.1) is 20.1 Å². The summed E-state index contributed by atoms with van der Waals surface area (Å²) in [4.78, 5) is 21.6. The fraction of sp³-hybridized carbons (Fsp3) is 0.417. The predicted molar refractivity (Wildman–Crippen MR) is 123 cm³/mol. The molecule has 0 bridgehead atoms. The van der Waals surface area contributed by atoms with Crippen molar-refractivity contribution >= 4 is 11.7 Å². The molecule has 9 nitrogen and oxygen atoms in total. The van der Waals surface area contributed by atoms with Crippen molar-refractivity contribution in [1.29, 1.82) is 0 Å². The molecule has 0 radical (unpaired) electrons. The lowest BCUT2D eigenvalue weighted by Crippen LogP contribution is -2.46. The lowest BCUT2D eigenvalue weighted by atomic mass is 9.93. The van der Waals surface area contributed by atoms with Crippen LogP contribution in [0.4, 0.5) is 5.82 Å². The fourth-order valence-corrected chi connectivity index (χ4v) is 4.74. The molecular weight excluding hydrogens is 420 g/mol. The van der Waals surface area contributed by atoms with Crippen molar-refractivity contribution in [3.63, 3.8) is 0 Å². The first-order chi connectivity index (χ1) is 16.2. The van der Waals surface area contributed by atoms with Crippen molar-refractivity contribution < 1.29 is 14.3 Å². The first-order valence-corrected chi connectivity index (χ1v) is 11.3. The average Bonchev–Trinajstić information content (AvgIpc) is 3.42. The smallest absolute Gasteiger partial charge is 0.227 e. The number of nitrogens with zero attached hydrogens (tertiary/aromatic N) is 6. The molecule has 2 aliphatic rings. The molecule has 5 rings (SSSR count). The standard InChI is InChI=1S/C24H28N6O3/c1-32-20-12-17-7-10-29(15-19(17)13-21(20)33-2)24(31)18-4-3-9-28(14-18)22-5-6-23(27-26-22)30-11-8-25-16-30/h5-6,8,11-13,16,18H,3-4,7,9-10,14-15H2,1-2H3. The Morgan fingerprint density at radius 2 is 1.79 bits per heavy atom. The number of piperidine rings is 1. The number of ether oxygens (including phenoxy) is 2. The molecule has 1 fully saturated rings. The van der Waals surface area contributed by atoms with Gasteiger partial charge in [0, 0.05) is 38.6 Å². The number of rotatable bonds is 5. The van der Waals surface area contributed by atoms with Crippen LogP contribution >= 0.6 is 0 Å². The molecular formula is C24H28N6O3. The second kappa shape index (κ2) is 9.09. The first-order valence-electron chi connectivity index (χ1n) is 11.3. The maximum absolute atomic E-state index is 13.4. The maximum atomic E-state index is 13.4. The Labute approximate surface area is 193 Å². The highest BCUT2D eigenvalue weighted by molar-refractivity contribution is 5.80. The van der Waals surface area contributed by atoms with E-state index in [1.165, 1.54) is 5.56 Å². The molecule has 1 saturated heterocycles. The van der Waals surface area contributed by atoms with Gasteiger partial charge in [0.2, 0.25) is 5.91 Å². The highest BCUT2D eigenvalue weighted by Crippen LogP contribution is 2.34. The van der Waals surface area contributed by atoms with Crippen LogP contribution in [0.5, 0.6) is 11.5 Å². The van der Waals surface area contributed by atoms with Gasteiger partial charge in [0.1, 0.15) is 6.33 Å². The van der Waals surface area contributed by atoms with Crippen LogP contribution in [0.2, 0.25) is 0 Å². The molecule has 3 aromatic rings. The first kappa shape index (κ1) is 21.2. The van der Waals surface area contributed by atoms with E-state index in [4.69, 9.17) is 9.47 Å². The molecule has 33 heavy (non-hydrogen) atoms. The molecule has 2 aromatic heterocycles. The van der Waals surface area contributed by atoms with Crippen LogP contribution in [-0.2, 0) is 17.8 Å². The molecule has 1 amide bonds. The summed E-state index contributed by atoms with van der Waals surface area (Å²) in [7, 11) is 3.28. The summed E-state index contributed by atoms with van der Waals surface area (Å²) in [5.74, 6) is 3.13. The number of imidazole rings is 1. The van der Waals surface area contributed by atoms with Crippen molar-refractivity contribution in [2.24, 2.45) is 5.92 Å². The van der Waals surface area contributed by atoms with E-state index in [0.29, 0.717) is 18.8 Å². The summed E-state index contributed by atoms with van der Waals surface area (Å²) in [5, 5.41) is 8.73. The van der Waals surface area contributed by atoms with E-state index in [9.17, 15) is 4.79 Å². The van der Waals surface area contributed by atoms with Crippen molar-refractivity contribution in [2.45, 2.75) is 25.8 Å². The molecule has 1 atom stereocenters. The molecule has 0 aliphatic carbocycles. The van der Waals surface area contributed by atoms with E-state index in [-0.39, 0.29) is 11.8 Å². The van der Waals surface area contributed by atoms with Gasteiger partial charge >= 0.3 is 0 Å². The second-order valence-electron chi connectivity index (χ2n) is 8.49. The zero-order chi connectivity index (χ0) is 22.8. The summed E-state index contributed by atoms with van der Waals surface area (Å²) in [5.41, 5.74) is 2.34. The third-order valence-electron chi connectivity index (χ3n) is 6.53. The van der Waals surface area contributed by atoms with Crippen LogP contribution in [0.15, 0.2) is 43.0 Å². The number of fused-ring (bicyclic) bond motifs is 1. The number of hydrogen-bond donors (Lipinski definition) is 0. The van der Waals surface area contributed by atoms with Gasteiger partial charge in [0.15, 0.2) is 23.1 Å². The van der Waals surface area contributed by atoms with Crippen LogP contribution in [0.3, 0.4) is 0 Å². The number of carbonyl (C=O) groups excluding carboxylic acids is 1. The minimum absolute atomic E-state index is 0.0458.